The van der Waals surface area contributed by atoms with Crippen molar-refractivity contribution in [1.82, 2.24) is 4.90 Å². The number of carbonyl (C=O) groups excluding carboxylic acids is 1. The number of rotatable bonds is 6. The highest BCUT2D eigenvalue weighted by atomic mass is 16.5. The molecule has 2 aromatic carbocycles. The van der Waals surface area contributed by atoms with E-state index >= 15 is 0 Å². The maximum atomic E-state index is 11.6. The normalized spacial score (nSPS) is 15.2. The summed E-state index contributed by atoms with van der Waals surface area (Å²) in [5, 5.41) is 0. The lowest BCUT2D eigenvalue weighted by atomic mass is 10.1. The van der Waals surface area contributed by atoms with Crippen molar-refractivity contribution in [2.24, 2.45) is 0 Å². The van der Waals surface area contributed by atoms with Crippen molar-refractivity contribution < 1.29 is 9.53 Å². The maximum Gasteiger partial charge on any atom is 0.163 e. The van der Waals surface area contributed by atoms with Crippen LogP contribution in [0, 0.1) is 0 Å². The number of hydrogen-bond donors (Lipinski definition) is 0. The number of ketones is 1. The average molecular weight is 323 g/mol. The Balaban J connectivity index is 1.57. The van der Waals surface area contributed by atoms with Gasteiger partial charge in [0.15, 0.2) is 5.78 Å². The Morgan fingerprint density at radius 2 is 1.62 bits per heavy atom. The van der Waals surface area contributed by atoms with Gasteiger partial charge in [-0.1, -0.05) is 42.8 Å². The summed E-state index contributed by atoms with van der Waals surface area (Å²) in [6.45, 7) is 5.51. The van der Waals surface area contributed by atoms with E-state index in [0.29, 0.717) is 17.9 Å². The quantitative estimate of drug-likeness (QED) is 0.735. The summed E-state index contributed by atoms with van der Waals surface area (Å²) in [6, 6.07) is 16.0. The molecule has 0 N–H and O–H groups in total. The molecule has 0 bridgehead atoms. The molecule has 24 heavy (non-hydrogen) atoms. The molecule has 3 heteroatoms. The van der Waals surface area contributed by atoms with Gasteiger partial charge in [0.2, 0.25) is 0 Å². The summed E-state index contributed by atoms with van der Waals surface area (Å²) in [6.07, 6.45) is 4.01. The number of likely N-dealkylation sites (tertiary alicyclic amines) is 1. The molecule has 0 amide bonds. The second-order valence-electron chi connectivity index (χ2n) is 6.49. The van der Waals surface area contributed by atoms with Crippen molar-refractivity contribution >= 4 is 5.78 Å². The Hall–Kier alpha value is -2.13. The minimum atomic E-state index is 0.0301. The summed E-state index contributed by atoms with van der Waals surface area (Å²) in [7, 11) is 0. The van der Waals surface area contributed by atoms with Gasteiger partial charge in [-0.3, -0.25) is 9.69 Å². The first kappa shape index (κ1) is 16.7. The SMILES string of the molecule is CC(=O)c1ccccc1OCc1ccc(CN2CCCCC2)cc1. The molecule has 0 aliphatic carbocycles. The van der Waals surface area contributed by atoms with Crippen LogP contribution in [0.25, 0.3) is 0 Å². The molecule has 0 unspecified atom stereocenters. The van der Waals surface area contributed by atoms with Crippen LogP contribution in [0.15, 0.2) is 48.5 Å². The smallest absolute Gasteiger partial charge is 0.163 e. The van der Waals surface area contributed by atoms with E-state index in [1.807, 2.05) is 18.2 Å². The highest BCUT2D eigenvalue weighted by Crippen LogP contribution is 2.20. The predicted molar refractivity (Wildman–Crippen MR) is 96.3 cm³/mol. The second kappa shape index (κ2) is 8.11. The molecular weight excluding hydrogens is 298 g/mol. The minimum Gasteiger partial charge on any atom is -0.488 e. The van der Waals surface area contributed by atoms with E-state index in [4.69, 9.17) is 4.74 Å². The van der Waals surface area contributed by atoms with Crippen LogP contribution in [0.1, 0.15) is 47.7 Å². The molecule has 2 aromatic rings. The van der Waals surface area contributed by atoms with Gasteiger partial charge >= 0.3 is 0 Å². The van der Waals surface area contributed by atoms with E-state index < -0.39 is 0 Å². The fraction of sp³-hybridized carbons (Fsp3) is 0.381. The van der Waals surface area contributed by atoms with Gasteiger partial charge in [0.05, 0.1) is 5.56 Å². The Bertz CT molecular complexity index is 672. The molecule has 1 saturated heterocycles. The zero-order valence-corrected chi connectivity index (χ0v) is 14.3. The predicted octanol–water partition coefficient (Wildman–Crippen LogP) is 4.45. The third-order valence-electron chi connectivity index (χ3n) is 4.54. The molecule has 1 aliphatic heterocycles. The Labute approximate surface area is 144 Å². The van der Waals surface area contributed by atoms with E-state index in [1.165, 1.54) is 37.9 Å². The molecule has 3 rings (SSSR count). The first-order chi connectivity index (χ1) is 11.7. The third-order valence-corrected chi connectivity index (χ3v) is 4.54. The molecule has 0 spiro atoms. The van der Waals surface area contributed by atoms with Gasteiger partial charge in [-0.15, -0.1) is 0 Å². The summed E-state index contributed by atoms with van der Waals surface area (Å²) in [5.74, 6) is 0.685. The van der Waals surface area contributed by atoms with Gasteiger partial charge in [-0.2, -0.15) is 0 Å². The molecule has 0 radical (unpaired) electrons. The summed E-state index contributed by atoms with van der Waals surface area (Å²) >= 11 is 0. The number of Topliss-reactive ketones (excluding diaryl/α,β-unsaturated/α-hetero) is 1. The molecule has 0 saturated carbocycles. The largest absolute Gasteiger partial charge is 0.488 e. The number of piperidine rings is 1. The molecule has 1 aliphatic rings. The van der Waals surface area contributed by atoms with Crippen molar-refractivity contribution in [3.63, 3.8) is 0 Å². The average Bonchev–Trinajstić information content (AvgIpc) is 2.62. The van der Waals surface area contributed by atoms with Crippen molar-refractivity contribution in [2.45, 2.75) is 39.3 Å². The highest BCUT2D eigenvalue weighted by molar-refractivity contribution is 5.96. The van der Waals surface area contributed by atoms with E-state index in [0.717, 1.165) is 12.1 Å². The monoisotopic (exact) mass is 323 g/mol. The minimum absolute atomic E-state index is 0.0301. The van der Waals surface area contributed by atoms with E-state index in [2.05, 4.69) is 29.2 Å². The number of carbonyl (C=O) groups is 1. The van der Waals surface area contributed by atoms with Crippen LogP contribution < -0.4 is 4.74 Å². The standard InChI is InChI=1S/C21H25NO2/c1-17(23)20-7-3-4-8-21(20)24-16-19-11-9-18(10-12-19)15-22-13-5-2-6-14-22/h3-4,7-12H,2,5-6,13-16H2,1H3. The number of nitrogens with zero attached hydrogens (tertiary/aromatic N) is 1. The van der Waals surface area contributed by atoms with E-state index in [-0.39, 0.29) is 5.78 Å². The molecule has 1 fully saturated rings. The molecule has 0 atom stereocenters. The fourth-order valence-electron chi connectivity index (χ4n) is 3.16. The lowest BCUT2D eigenvalue weighted by Gasteiger charge is -2.26. The van der Waals surface area contributed by atoms with E-state index in [9.17, 15) is 4.79 Å². The van der Waals surface area contributed by atoms with Crippen LogP contribution in [0.5, 0.6) is 5.75 Å². The van der Waals surface area contributed by atoms with Crippen LogP contribution in [-0.2, 0) is 13.2 Å². The molecule has 3 nitrogen and oxygen atoms in total. The van der Waals surface area contributed by atoms with Crippen LogP contribution >= 0.6 is 0 Å². The number of benzene rings is 2. The van der Waals surface area contributed by atoms with Crippen LogP contribution in [0.2, 0.25) is 0 Å². The summed E-state index contributed by atoms with van der Waals surface area (Å²) < 4.78 is 5.84. The maximum absolute atomic E-state index is 11.6. The summed E-state index contributed by atoms with van der Waals surface area (Å²) in [5.41, 5.74) is 3.11. The Morgan fingerprint density at radius 3 is 2.33 bits per heavy atom. The van der Waals surface area contributed by atoms with Gasteiger partial charge in [0.1, 0.15) is 12.4 Å². The van der Waals surface area contributed by atoms with Gasteiger partial charge in [-0.05, 0) is 56.1 Å². The van der Waals surface area contributed by atoms with Crippen LogP contribution in [-0.4, -0.2) is 23.8 Å². The first-order valence-electron chi connectivity index (χ1n) is 8.75. The van der Waals surface area contributed by atoms with Gasteiger partial charge in [-0.25, -0.2) is 0 Å². The topological polar surface area (TPSA) is 29.5 Å². The molecule has 126 valence electrons. The zero-order valence-electron chi connectivity index (χ0n) is 14.3. The lowest BCUT2D eigenvalue weighted by molar-refractivity contribution is 0.101. The van der Waals surface area contributed by atoms with Crippen molar-refractivity contribution in [1.29, 1.82) is 0 Å². The highest BCUT2D eigenvalue weighted by Gasteiger charge is 2.10. The summed E-state index contributed by atoms with van der Waals surface area (Å²) in [4.78, 5) is 14.2. The van der Waals surface area contributed by atoms with Gasteiger partial charge in [0.25, 0.3) is 0 Å². The zero-order chi connectivity index (χ0) is 16.8. The number of ether oxygens (including phenoxy) is 1. The first-order valence-corrected chi connectivity index (χ1v) is 8.75. The van der Waals surface area contributed by atoms with E-state index in [1.54, 1.807) is 13.0 Å². The van der Waals surface area contributed by atoms with Crippen LogP contribution in [0.4, 0.5) is 0 Å². The number of hydrogen-bond acceptors (Lipinski definition) is 3. The molecule has 1 heterocycles. The molecule has 0 aromatic heterocycles. The van der Waals surface area contributed by atoms with Gasteiger partial charge < -0.3 is 4.74 Å². The fourth-order valence-corrected chi connectivity index (χ4v) is 3.16. The van der Waals surface area contributed by atoms with Crippen LogP contribution in [0.3, 0.4) is 0 Å². The van der Waals surface area contributed by atoms with Crippen molar-refractivity contribution in [2.75, 3.05) is 13.1 Å². The second-order valence-corrected chi connectivity index (χ2v) is 6.49. The number of para-hydroxylation sites is 1. The van der Waals surface area contributed by atoms with Gasteiger partial charge in [0, 0.05) is 6.54 Å². The molecular formula is C21H25NO2. The Morgan fingerprint density at radius 1 is 0.958 bits per heavy atom. The van der Waals surface area contributed by atoms with Crippen molar-refractivity contribution in [3.8, 4) is 5.75 Å². The van der Waals surface area contributed by atoms with Crippen molar-refractivity contribution in [3.05, 3.63) is 65.2 Å². The third kappa shape index (κ3) is 4.45. The Kier molecular flexibility index (Phi) is 5.65. The lowest BCUT2D eigenvalue weighted by Crippen LogP contribution is -2.29.